The van der Waals surface area contributed by atoms with Crippen molar-refractivity contribution in [3.8, 4) is 0 Å². The van der Waals surface area contributed by atoms with E-state index in [4.69, 9.17) is 14.8 Å². The van der Waals surface area contributed by atoms with Crippen molar-refractivity contribution in [2.24, 2.45) is 0 Å². The van der Waals surface area contributed by atoms with Gasteiger partial charge in [-0.05, 0) is 17.9 Å². The summed E-state index contributed by atoms with van der Waals surface area (Å²) < 4.78 is 5.33. The molecule has 1 saturated heterocycles. The first-order chi connectivity index (χ1) is 8.18. The van der Waals surface area contributed by atoms with Gasteiger partial charge in [0.05, 0.1) is 13.2 Å². The normalized spacial score (nSPS) is 19.0. The van der Waals surface area contributed by atoms with Gasteiger partial charge in [0, 0.05) is 19.1 Å². The third kappa shape index (κ3) is 3.07. The van der Waals surface area contributed by atoms with E-state index in [0.29, 0.717) is 11.5 Å². The van der Waals surface area contributed by atoms with Gasteiger partial charge in [-0.1, -0.05) is 24.3 Å². The highest BCUT2D eigenvalue weighted by molar-refractivity contribution is 6.58. The number of ether oxygens (including phenoxy) is 1. The van der Waals surface area contributed by atoms with Crippen LogP contribution in [-0.4, -0.2) is 48.4 Å². The molecule has 1 atom stereocenters. The summed E-state index contributed by atoms with van der Waals surface area (Å²) in [6, 6.07) is 7.77. The Kier molecular flexibility index (Phi) is 4.18. The van der Waals surface area contributed by atoms with Crippen LogP contribution in [0.4, 0.5) is 0 Å². The van der Waals surface area contributed by atoms with Crippen LogP contribution in [-0.2, 0) is 4.74 Å². The molecule has 0 saturated carbocycles. The summed E-state index contributed by atoms with van der Waals surface area (Å²) in [6.45, 7) is 5.64. The van der Waals surface area contributed by atoms with Crippen molar-refractivity contribution in [2.75, 3.05) is 26.3 Å². The van der Waals surface area contributed by atoms with E-state index in [1.54, 1.807) is 12.1 Å². The molecule has 0 aliphatic carbocycles. The Labute approximate surface area is 102 Å². The molecule has 2 N–H and O–H groups in total. The molecule has 0 unspecified atom stereocenters. The largest absolute Gasteiger partial charge is 0.488 e. The summed E-state index contributed by atoms with van der Waals surface area (Å²) in [5, 5.41) is 18.1. The zero-order chi connectivity index (χ0) is 12.3. The van der Waals surface area contributed by atoms with Crippen LogP contribution >= 0.6 is 0 Å². The second kappa shape index (κ2) is 5.64. The molecule has 1 aliphatic rings. The first-order valence-electron chi connectivity index (χ1n) is 5.96. The Balaban J connectivity index is 2.05. The third-order valence-corrected chi connectivity index (χ3v) is 3.31. The van der Waals surface area contributed by atoms with E-state index in [1.807, 2.05) is 12.1 Å². The fraction of sp³-hybridized carbons (Fsp3) is 0.500. The van der Waals surface area contributed by atoms with Gasteiger partial charge in [0.15, 0.2) is 0 Å². The molecule has 92 valence electrons. The number of rotatable bonds is 3. The third-order valence-electron chi connectivity index (χ3n) is 3.31. The smallest absolute Gasteiger partial charge is 0.423 e. The fourth-order valence-corrected chi connectivity index (χ4v) is 2.12. The van der Waals surface area contributed by atoms with Crippen LogP contribution in [0.3, 0.4) is 0 Å². The molecule has 5 heteroatoms. The summed E-state index contributed by atoms with van der Waals surface area (Å²) in [4.78, 5) is 2.37. The molecule has 1 aromatic rings. The van der Waals surface area contributed by atoms with Crippen LogP contribution in [0.25, 0.3) is 0 Å². The quantitative estimate of drug-likeness (QED) is 0.710. The first kappa shape index (κ1) is 12.6. The lowest BCUT2D eigenvalue weighted by Gasteiger charge is -2.32. The molecular weight excluding hydrogens is 217 g/mol. The van der Waals surface area contributed by atoms with E-state index in [-0.39, 0.29) is 0 Å². The van der Waals surface area contributed by atoms with Gasteiger partial charge in [-0.15, -0.1) is 0 Å². The van der Waals surface area contributed by atoms with Crippen LogP contribution in [0.2, 0.25) is 0 Å². The van der Waals surface area contributed by atoms with Crippen molar-refractivity contribution in [2.45, 2.75) is 13.0 Å². The average molecular weight is 235 g/mol. The topological polar surface area (TPSA) is 52.9 Å². The molecule has 0 bridgehead atoms. The minimum atomic E-state index is -1.39. The van der Waals surface area contributed by atoms with Crippen molar-refractivity contribution < 1.29 is 14.8 Å². The van der Waals surface area contributed by atoms with Crippen molar-refractivity contribution in [3.63, 3.8) is 0 Å². The predicted octanol–water partition coefficient (Wildman–Crippen LogP) is -0.240. The second-order valence-electron chi connectivity index (χ2n) is 4.36. The van der Waals surface area contributed by atoms with Crippen molar-refractivity contribution >= 4 is 12.6 Å². The standard InChI is InChI=1S/C12H18BNO3/c1-10(14-6-8-17-9-7-14)11-2-4-12(5-3-11)13(15)16/h2-5,10,15-16H,6-9H2,1H3/t10-/m0/s1. The molecule has 0 amide bonds. The van der Waals surface area contributed by atoms with Crippen molar-refractivity contribution in [3.05, 3.63) is 29.8 Å². The Bertz CT molecular complexity index is 349. The van der Waals surface area contributed by atoms with Gasteiger partial charge in [0.1, 0.15) is 0 Å². The molecule has 0 aromatic heterocycles. The predicted molar refractivity (Wildman–Crippen MR) is 67.1 cm³/mol. The van der Waals surface area contributed by atoms with E-state index in [1.165, 1.54) is 5.56 Å². The molecule has 1 aromatic carbocycles. The van der Waals surface area contributed by atoms with E-state index in [0.717, 1.165) is 26.3 Å². The Hall–Kier alpha value is -0.875. The Morgan fingerprint density at radius 1 is 1.18 bits per heavy atom. The van der Waals surface area contributed by atoms with Gasteiger partial charge in [-0.2, -0.15) is 0 Å². The SMILES string of the molecule is C[C@@H](c1ccc(B(O)O)cc1)N1CCOCC1. The summed E-state index contributed by atoms with van der Waals surface area (Å²) in [7, 11) is -1.39. The first-order valence-corrected chi connectivity index (χ1v) is 5.96. The maximum atomic E-state index is 9.03. The van der Waals surface area contributed by atoms with Gasteiger partial charge < -0.3 is 14.8 Å². The van der Waals surface area contributed by atoms with Crippen LogP contribution < -0.4 is 5.46 Å². The van der Waals surface area contributed by atoms with Gasteiger partial charge in [-0.25, -0.2) is 0 Å². The van der Waals surface area contributed by atoms with Crippen LogP contribution in [0.1, 0.15) is 18.5 Å². The van der Waals surface area contributed by atoms with Gasteiger partial charge in [-0.3, -0.25) is 4.90 Å². The maximum absolute atomic E-state index is 9.03. The van der Waals surface area contributed by atoms with Crippen LogP contribution in [0, 0.1) is 0 Å². The fourth-order valence-electron chi connectivity index (χ4n) is 2.12. The molecule has 1 fully saturated rings. The number of hydrogen-bond donors (Lipinski definition) is 2. The monoisotopic (exact) mass is 235 g/mol. The highest BCUT2D eigenvalue weighted by Crippen LogP contribution is 2.20. The molecule has 4 nitrogen and oxygen atoms in total. The summed E-state index contributed by atoms with van der Waals surface area (Å²) in [5.41, 5.74) is 1.72. The molecule has 0 radical (unpaired) electrons. The van der Waals surface area contributed by atoms with Crippen LogP contribution in [0.15, 0.2) is 24.3 Å². The number of nitrogens with zero attached hydrogens (tertiary/aromatic N) is 1. The highest BCUT2D eigenvalue weighted by Gasteiger charge is 2.19. The maximum Gasteiger partial charge on any atom is 0.488 e. The van der Waals surface area contributed by atoms with Gasteiger partial charge in [0.25, 0.3) is 0 Å². The Morgan fingerprint density at radius 2 is 1.76 bits per heavy atom. The Morgan fingerprint density at radius 3 is 2.29 bits per heavy atom. The van der Waals surface area contributed by atoms with Gasteiger partial charge >= 0.3 is 7.12 Å². The molecule has 17 heavy (non-hydrogen) atoms. The van der Waals surface area contributed by atoms with E-state index in [2.05, 4.69) is 11.8 Å². The molecule has 1 aliphatic heterocycles. The number of morpholine rings is 1. The van der Waals surface area contributed by atoms with E-state index >= 15 is 0 Å². The van der Waals surface area contributed by atoms with Crippen molar-refractivity contribution in [1.82, 2.24) is 4.90 Å². The van der Waals surface area contributed by atoms with E-state index < -0.39 is 7.12 Å². The second-order valence-corrected chi connectivity index (χ2v) is 4.36. The number of hydrogen-bond acceptors (Lipinski definition) is 4. The summed E-state index contributed by atoms with van der Waals surface area (Å²) in [6.07, 6.45) is 0. The average Bonchev–Trinajstić information content (AvgIpc) is 2.39. The summed E-state index contributed by atoms with van der Waals surface area (Å²) >= 11 is 0. The lowest BCUT2D eigenvalue weighted by molar-refractivity contribution is 0.0198. The zero-order valence-corrected chi connectivity index (χ0v) is 10.0. The minimum Gasteiger partial charge on any atom is -0.423 e. The van der Waals surface area contributed by atoms with E-state index in [9.17, 15) is 0 Å². The molecule has 2 rings (SSSR count). The van der Waals surface area contributed by atoms with Crippen molar-refractivity contribution in [1.29, 1.82) is 0 Å². The highest BCUT2D eigenvalue weighted by atomic mass is 16.5. The lowest BCUT2D eigenvalue weighted by atomic mass is 9.80. The number of benzene rings is 1. The van der Waals surface area contributed by atoms with Gasteiger partial charge in [0.2, 0.25) is 0 Å². The minimum absolute atomic E-state index is 0.337. The zero-order valence-electron chi connectivity index (χ0n) is 10.0. The molecular formula is C12H18BNO3. The lowest BCUT2D eigenvalue weighted by Crippen LogP contribution is -2.38. The molecule has 0 spiro atoms. The summed E-state index contributed by atoms with van der Waals surface area (Å²) in [5.74, 6) is 0. The molecule has 1 heterocycles. The van der Waals surface area contributed by atoms with Crippen LogP contribution in [0.5, 0.6) is 0 Å².